The normalized spacial score (nSPS) is 17.1. The van der Waals surface area contributed by atoms with Crippen molar-refractivity contribution in [3.05, 3.63) is 46.0 Å². The predicted octanol–water partition coefficient (Wildman–Crippen LogP) is 3.43. The lowest BCUT2D eigenvalue weighted by atomic mass is 10.0. The number of allylic oxidation sites excluding steroid dienone is 4. The summed E-state index contributed by atoms with van der Waals surface area (Å²) in [5, 5.41) is 3.63. The van der Waals surface area contributed by atoms with Gasteiger partial charge in [-0.3, -0.25) is 0 Å². The molecule has 0 atom stereocenters. The van der Waals surface area contributed by atoms with E-state index >= 15 is 0 Å². The maximum Gasteiger partial charge on any atom is 0.0856 e. The van der Waals surface area contributed by atoms with Crippen molar-refractivity contribution in [3.63, 3.8) is 0 Å². The van der Waals surface area contributed by atoms with Crippen LogP contribution < -0.4 is 0 Å². The van der Waals surface area contributed by atoms with Crippen LogP contribution in [0.3, 0.4) is 0 Å². The molecule has 1 aliphatic rings. The largest absolute Gasteiger partial charge is 0.237 e. The average molecular weight is 221 g/mol. The van der Waals surface area contributed by atoms with Gasteiger partial charge in [0.1, 0.15) is 0 Å². The van der Waals surface area contributed by atoms with Crippen LogP contribution in [0, 0.1) is 0 Å². The second kappa shape index (κ2) is 7.70. The lowest BCUT2D eigenvalue weighted by Crippen LogP contribution is -1.96. The summed E-state index contributed by atoms with van der Waals surface area (Å²) in [6.07, 6.45) is 9.24. The number of hydrogen-bond donors (Lipinski definition) is 0. The van der Waals surface area contributed by atoms with Gasteiger partial charge in [-0.25, -0.2) is 9.78 Å². The predicted molar refractivity (Wildman–Crippen MR) is 61.3 cm³/mol. The molecule has 0 aliphatic heterocycles. The van der Waals surface area contributed by atoms with Crippen LogP contribution in [0.2, 0.25) is 0 Å². The monoisotopic (exact) mass is 221 g/mol. The van der Waals surface area contributed by atoms with E-state index in [2.05, 4.69) is 10.0 Å². The molecular weight excluding hydrogens is 206 g/mol. The smallest absolute Gasteiger partial charge is 0.0856 e. The molecule has 0 N–H and O–H groups in total. The van der Waals surface area contributed by atoms with E-state index in [1.54, 1.807) is 6.08 Å². The highest BCUT2D eigenvalue weighted by atomic mass is 17.2. The van der Waals surface area contributed by atoms with Crippen molar-refractivity contribution in [1.82, 2.24) is 0 Å². The first-order valence-corrected chi connectivity index (χ1v) is 5.24. The van der Waals surface area contributed by atoms with Crippen molar-refractivity contribution >= 4 is 0 Å². The second-order valence-corrected chi connectivity index (χ2v) is 3.12. The summed E-state index contributed by atoms with van der Waals surface area (Å²) in [7, 11) is 0. The van der Waals surface area contributed by atoms with Crippen LogP contribution in [0.1, 0.15) is 19.8 Å². The molecule has 0 aromatic heterocycles. The Morgan fingerprint density at radius 1 is 1.56 bits per heavy atom. The zero-order chi connectivity index (χ0) is 11.6. The molecule has 0 unspecified atom stereocenters. The first-order chi connectivity index (χ1) is 7.88. The number of rotatable bonds is 6. The molecule has 0 saturated carbocycles. The fraction of sp³-hybridized carbons (Fsp3) is 0.455. The molecule has 0 amide bonds. The molecule has 16 heavy (non-hydrogen) atoms. The highest BCUT2D eigenvalue weighted by Gasteiger charge is 2.03. The lowest BCUT2D eigenvalue weighted by Gasteiger charge is -2.08. The molecule has 1 rings (SSSR count). The van der Waals surface area contributed by atoms with Gasteiger partial charge in [-0.15, -0.1) is 0 Å². The molecule has 0 bridgehead atoms. The fourth-order valence-corrected chi connectivity index (χ4v) is 1.32. The molecule has 0 saturated heterocycles. The van der Waals surface area contributed by atoms with Gasteiger partial charge in [-0.1, -0.05) is 29.4 Å². The molecule has 1 aliphatic carbocycles. The summed E-state index contributed by atoms with van der Waals surface area (Å²) in [4.78, 5) is 12.4. The van der Waals surface area contributed by atoms with Crippen LogP contribution in [0.25, 0.3) is 10.4 Å². The number of azide groups is 1. The Balaban J connectivity index is 2.45. The minimum absolute atomic E-state index is 0.505. The van der Waals surface area contributed by atoms with Crippen molar-refractivity contribution in [3.8, 4) is 0 Å². The van der Waals surface area contributed by atoms with Gasteiger partial charge < -0.3 is 0 Å². The molecular formula is C11H15N3O2. The first-order valence-electron chi connectivity index (χ1n) is 5.24. The number of hydrogen-bond acceptors (Lipinski definition) is 3. The van der Waals surface area contributed by atoms with Gasteiger partial charge in [0.15, 0.2) is 0 Å². The molecule has 86 valence electrons. The minimum Gasteiger partial charge on any atom is -0.237 e. The fourth-order valence-electron chi connectivity index (χ4n) is 1.32. The Morgan fingerprint density at radius 3 is 3.19 bits per heavy atom. The number of nitrogens with zero attached hydrogens (tertiary/aromatic N) is 3. The maximum atomic E-state index is 8.40. The van der Waals surface area contributed by atoms with Gasteiger partial charge in [-0.2, -0.15) is 0 Å². The van der Waals surface area contributed by atoms with Crippen LogP contribution in [-0.2, 0) is 9.78 Å². The Kier molecular flexibility index (Phi) is 6.03. The summed E-state index contributed by atoms with van der Waals surface area (Å²) < 4.78 is 0. The van der Waals surface area contributed by atoms with E-state index in [-0.39, 0.29) is 0 Å². The molecule has 0 aromatic carbocycles. The Bertz CT molecular complexity index is 352. The molecule has 0 aromatic rings. The average Bonchev–Trinajstić information content (AvgIpc) is 2.31. The molecule has 0 radical (unpaired) electrons. The van der Waals surface area contributed by atoms with Gasteiger partial charge >= 0.3 is 0 Å². The molecule has 0 heterocycles. The zero-order valence-corrected chi connectivity index (χ0v) is 9.30. The van der Waals surface area contributed by atoms with Gasteiger partial charge in [0.2, 0.25) is 0 Å². The lowest BCUT2D eigenvalue weighted by molar-refractivity contribution is -0.290. The topological polar surface area (TPSA) is 67.2 Å². The molecule has 5 heteroatoms. The van der Waals surface area contributed by atoms with Crippen LogP contribution >= 0.6 is 0 Å². The third kappa shape index (κ3) is 4.31. The van der Waals surface area contributed by atoms with E-state index in [1.165, 1.54) is 0 Å². The molecule has 0 spiro atoms. The van der Waals surface area contributed by atoms with Crippen molar-refractivity contribution in [1.29, 1.82) is 0 Å². The van der Waals surface area contributed by atoms with Crippen LogP contribution in [-0.4, -0.2) is 13.2 Å². The van der Waals surface area contributed by atoms with E-state index < -0.39 is 0 Å². The van der Waals surface area contributed by atoms with Crippen LogP contribution in [0.15, 0.2) is 40.7 Å². The summed E-state index contributed by atoms with van der Waals surface area (Å²) in [6.45, 7) is 2.92. The first kappa shape index (κ1) is 12.5. The van der Waals surface area contributed by atoms with Crippen LogP contribution in [0.5, 0.6) is 0 Å². The molecule has 5 nitrogen and oxygen atoms in total. The minimum atomic E-state index is 0.505. The van der Waals surface area contributed by atoms with Gasteiger partial charge in [0, 0.05) is 10.6 Å². The van der Waals surface area contributed by atoms with E-state index in [1.807, 2.05) is 25.2 Å². The Hall–Kier alpha value is -1.55. The van der Waals surface area contributed by atoms with Crippen molar-refractivity contribution in [2.45, 2.75) is 19.8 Å². The zero-order valence-electron chi connectivity index (χ0n) is 9.30. The van der Waals surface area contributed by atoms with Crippen molar-refractivity contribution in [2.75, 3.05) is 13.2 Å². The third-order valence-corrected chi connectivity index (χ3v) is 2.00. The van der Waals surface area contributed by atoms with Gasteiger partial charge in [-0.05, 0) is 30.9 Å². The Labute approximate surface area is 94.6 Å². The van der Waals surface area contributed by atoms with E-state index in [0.29, 0.717) is 18.9 Å². The standard InChI is InChI=1S/C11H15N3O2/c1-2-15-16-9-5-7-10-6-3-4-8-11(10)13-14-12/h3-4,7-8H,2,5-6,9H2,1H3/b10-7-. The van der Waals surface area contributed by atoms with E-state index in [9.17, 15) is 0 Å². The van der Waals surface area contributed by atoms with E-state index in [4.69, 9.17) is 15.3 Å². The third-order valence-electron chi connectivity index (χ3n) is 2.00. The van der Waals surface area contributed by atoms with Crippen LogP contribution in [0.4, 0.5) is 0 Å². The van der Waals surface area contributed by atoms with Crippen molar-refractivity contribution < 1.29 is 9.78 Å². The van der Waals surface area contributed by atoms with E-state index in [0.717, 1.165) is 18.4 Å². The maximum absolute atomic E-state index is 8.40. The van der Waals surface area contributed by atoms with Gasteiger partial charge in [0.25, 0.3) is 0 Å². The summed E-state index contributed by atoms with van der Waals surface area (Å²) in [5.74, 6) is 0. The summed E-state index contributed by atoms with van der Waals surface area (Å²) in [6, 6.07) is 0. The highest BCUT2D eigenvalue weighted by molar-refractivity contribution is 5.38. The molecule has 0 fully saturated rings. The van der Waals surface area contributed by atoms with Gasteiger partial charge in [0.05, 0.1) is 13.2 Å². The summed E-state index contributed by atoms with van der Waals surface area (Å²) >= 11 is 0. The SMILES string of the molecule is CCOOCC/C=C1/CC=CC=C1N=[N+]=[N-]. The quantitative estimate of drug-likeness (QED) is 0.172. The second-order valence-electron chi connectivity index (χ2n) is 3.12. The highest BCUT2D eigenvalue weighted by Crippen LogP contribution is 2.21. The summed E-state index contributed by atoms with van der Waals surface area (Å²) in [5.41, 5.74) is 10.1. The Morgan fingerprint density at radius 2 is 2.44 bits per heavy atom. The van der Waals surface area contributed by atoms with Crippen molar-refractivity contribution in [2.24, 2.45) is 5.11 Å².